The number of benzene rings is 1. The van der Waals surface area contributed by atoms with E-state index in [1.54, 1.807) is 24.3 Å². The Morgan fingerprint density at radius 2 is 1.59 bits per heavy atom. The summed E-state index contributed by atoms with van der Waals surface area (Å²) in [4.78, 5) is 29.3. The third-order valence-corrected chi connectivity index (χ3v) is 6.07. The zero-order chi connectivity index (χ0) is 19.2. The van der Waals surface area contributed by atoms with E-state index >= 15 is 0 Å². The Balaban J connectivity index is 1.48. The molecule has 0 radical (unpaired) electrons. The van der Waals surface area contributed by atoms with E-state index in [0.29, 0.717) is 29.7 Å². The molecular formula is C21H30ClN3O2. The number of carbonyl (C=O) groups excluding carboxylic acids is 2. The molecule has 3 rings (SSSR count). The van der Waals surface area contributed by atoms with Gasteiger partial charge in [0.2, 0.25) is 5.91 Å². The fraction of sp³-hybridized carbons (Fsp3) is 0.619. The van der Waals surface area contributed by atoms with Gasteiger partial charge in [-0.15, -0.1) is 0 Å². The quantitative estimate of drug-likeness (QED) is 0.801. The molecule has 27 heavy (non-hydrogen) atoms. The van der Waals surface area contributed by atoms with Crippen molar-refractivity contribution >= 4 is 23.4 Å². The summed E-state index contributed by atoms with van der Waals surface area (Å²) >= 11 is 5.90. The van der Waals surface area contributed by atoms with Crippen molar-refractivity contribution in [3.8, 4) is 0 Å². The summed E-state index contributed by atoms with van der Waals surface area (Å²) in [7, 11) is 0. The lowest BCUT2D eigenvalue weighted by Crippen LogP contribution is -2.55. The van der Waals surface area contributed by atoms with Crippen LogP contribution >= 0.6 is 11.6 Å². The van der Waals surface area contributed by atoms with Crippen LogP contribution in [0.5, 0.6) is 0 Å². The van der Waals surface area contributed by atoms with Crippen LogP contribution in [0.4, 0.5) is 0 Å². The molecule has 0 bridgehead atoms. The van der Waals surface area contributed by atoms with Gasteiger partial charge in [-0.1, -0.05) is 37.3 Å². The summed E-state index contributed by atoms with van der Waals surface area (Å²) in [6.45, 7) is 4.70. The van der Waals surface area contributed by atoms with Gasteiger partial charge in [0.05, 0.1) is 6.04 Å². The summed E-state index contributed by atoms with van der Waals surface area (Å²) in [6.07, 6.45) is 7.19. The highest BCUT2D eigenvalue weighted by Gasteiger charge is 2.29. The first-order valence-corrected chi connectivity index (χ1v) is 10.5. The van der Waals surface area contributed by atoms with Gasteiger partial charge in [-0.3, -0.25) is 14.5 Å². The van der Waals surface area contributed by atoms with Gasteiger partial charge in [0, 0.05) is 42.8 Å². The number of rotatable bonds is 4. The number of nitrogens with one attached hydrogen (secondary N) is 1. The first-order chi connectivity index (χ1) is 13.0. The molecule has 0 spiro atoms. The SMILES string of the molecule is CC(C(=O)NC1CCCCCC1)N1CCN(C(=O)c2ccc(Cl)cc2)CC1. The monoisotopic (exact) mass is 391 g/mol. The van der Waals surface area contributed by atoms with Gasteiger partial charge in [-0.25, -0.2) is 0 Å². The average Bonchev–Trinajstić information content (AvgIpc) is 2.96. The van der Waals surface area contributed by atoms with E-state index < -0.39 is 0 Å². The van der Waals surface area contributed by atoms with Gasteiger partial charge < -0.3 is 10.2 Å². The predicted octanol–water partition coefficient (Wildman–Crippen LogP) is 3.33. The number of piperazine rings is 1. The summed E-state index contributed by atoms with van der Waals surface area (Å²) in [5.74, 6) is 0.154. The van der Waals surface area contributed by atoms with Gasteiger partial charge in [0.15, 0.2) is 0 Å². The average molecular weight is 392 g/mol. The molecule has 6 heteroatoms. The lowest BCUT2D eigenvalue weighted by molar-refractivity contribution is -0.127. The fourth-order valence-corrected chi connectivity index (χ4v) is 4.12. The Labute approximate surface area is 167 Å². The van der Waals surface area contributed by atoms with Gasteiger partial charge in [-0.2, -0.15) is 0 Å². The van der Waals surface area contributed by atoms with Gasteiger partial charge >= 0.3 is 0 Å². The van der Waals surface area contributed by atoms with Crippen molar-refractivity contribution in [2.24, 2.45) is 0 Å². The highest BCUT2D eigenvalue weighted by atomic mass is 35.5. The van der Waals surface area contributed by atoms with Crippen LogP contribution in [0, 0.1) is 0 Å². The lowest BCUT2D eigenvalue weighted by Gasteiger charge is -2.37. The summed E-state index contributed by atoms with van der Waals surface area (Å²) in [5.41, 5.74) is 0.659. The fourth-order valence-electron chi connectivity index (χ4n) is 4.00. The van der Waals surface area contributed by atoms with E-state index in [-0.39, 0.29) is 17.9 Å². The Morgan fingerprint density at radius 3 is 2.19 bits per heavy atom. The van der Waals surface area contributed by atoms with Crippen LogP contribution < -0.4 is 5.32 Å². The Hall–Kier alpha value is -1.59. The minimum Gasteiger partial charge on any atom is -0.352 e. The minimum absolute atomic E-state index is 0.0295. The molecule has 2 fully saturated rings. The zero-order valence-corrected chi connectivity index (χ0v) is 16.9. The molecule has 0 aromatic heterocycles. The Morgan fingerprint density at radius 1 is 1.00 bits per heavy atom. The van der Waals surface area contributed by atoms with E-state index in [4.69, 9.17) is 11.6 Å². The van der Waals surface area contributed by atoms with E-state index in [2.05, 4.69) is 10.2 Å². The molecule has 1 unspecified atom stereocenters. The molecule has 1 atom stereocenters. The second kappa shape index (κ2) is 9.56. The van der Waals surface area contributed by atoms with Gasteiger partial charge in [0.25, 0.3) is 5.91 Å². The van der Waals surface area contributed by atoms with Crippen LogP contribution in [0.25, 0.3) is 0 Å². The predicted molar refractivity (Wildman–Crippen MR) is 108 cm³/mol. The van der Waals surface area contributed by atoms with Crippen LogP contribution in [0.3, 0.4) is 0 Å². The summed E-state index contributed by atoms with van der Waals surface area (Å²) in [5, 5.41) is 3.88. The number of halogens is 1. The molecule has 1 aromatic carbocycles. The summed E-state index contributed by atoms with van der Waals surface area (Å²) < 4.78 is 0. The van der Waals surface area contributed by atoms with Crippen molar-refractivity contribution in [1.82, 2.24) is 15.1 Å². The molecular weight excluding hydrogens is 362 g/mol. The van der Waals surface area contributed by atoms with Gasteiger partial charge in [0.1, 0.15) is 0 Å². The maximum Gasteiger partial charge on any atom is 0.253 e. The number of hydrogen-bond acceptors (Lipinski definition) is 3. The van der Waals surface area contributed by atoms with E-state index in [1.165, 1.54) is 25.7 Å². The van der Waals surface area contributed by atoms with E-state index in [0.717, 1.165) is 25.9 Å². The molecule has 148 valence electrons. The van der Waals surface area contributed by atoms with Crippen LogP contribution in [0.15, 0.2) is 24.3 Å². The van der Waals surface area contributed by atoms with Crippen LogP contribution in [0.1, 0.15) is 55.8 Å². The number of amides is 2. The highest BCUT2D eigenvalue weighted by Crippen LogP contribution is 2.18. The lowest BCUT2D eigenvalue weighted by atomic mass is 10.1. The van der Waals surface area contributed by atoms with Crippen molar-refractivity contribution < 1.29 is 9.59 Å². The Bertz CT molecular complexity index is 633. The molecule has 2 amide bonds. The zero-order valence-electron chi connectivity index (χ0n) is 16.1. The molecule has 1 heterocycles. The minimum atomic E-state index is -0.152. The number of carbonyl (C=O) groups is 2. The van der Waals surface area contributed by atoms with Crippen molar-refractivity contribution in [3.05, 3.63) is 34.9 Å². The van der Waals surface area contributed by atoms with Crippen LogP contribution in [0.2, 0.25) is 5.02 Å². The first kappa shape index (κ1) is 20.2. The molecule has 5 nitrogen and oxygen atoms in total. The normalized spacial score (nSPS) is 20.7. The number of nitrogens with zero attached hydrogens (tertiary/aromatic N) is 2. The number of hydrogen-bond donors (Lipinski definition) is 1. The standard InChI is InChI=1S/C21H30ClN3O2/c1-16(20(26)23-19-6-4-2-3-5-7-19)24-12-14-25(15-13-24)21(27)17-8-10-18(22)11-9-17/h8-11,16,19H,2-7,12-15H2,1H3,(H,23,26). The maximum atomic E-state index is 12.6. The van der Waals surface area contributed by atoms with Crippen molar-refractivity contribution in [3.63, 3.8) is 0 Å². The molecule has 2 aliphatic rings. The maximum absolute atomic E-state index is 12.6. The first-order valence-electron chi connectivity index (χ1n) is 10.1. The molecule has 1 aromatic rings. The third-order valence-electron chi connectivity index (χ3n) is 5.82. The van der Waals surface area contributed by atoms with Crippen molar-refractivity contribution in [2.45, 2.75) is 57.5 Å². The second-order valence-corrected chi connectivity index (χ2v) is 8.14. The molecule has 1 saturated heterocycles. The van der Waals surface area contributed by atoms with E-state index in [1.807, 2.05) is 11.8 Å². The van der Waals surface area contributed by atoms with Crippen molar-refractivity contribution in [2.75, 3.05) is 26.2 Å². The van der Waals surface area contributed by atoms with Gasteiger partial charge in [-0.05, 0) is 44.0 Å². The van der Waals surface area contributed by atoms with Crippen molar-refractivity contribution in [1.29, 1.82) is 0 Å². The van der Waals surface area contributed by atoms with Crippen LogP contribution in [-0.4, -0.2) is 59.9 Å². The topological polar surface area (TPSA) is 52.7 Å². The molecule has 1 saturated carbocycles. The second-order valence-electron chi connectivity index (χ2n) is 7.71. The highest BCUT2D eigenvalue weighted by molar-refractivity contribution is 6.30. The smallest absolute Gasteiger partial charge is 0.253 e. The molecule has 1 aliphatic heterocycles. The molecule has 1 N–H and O–H groups in total. The van der Waals surface area contributed by atoms with Crippen LogP contribution in [-0.2, 0) is 4.79 Å². The molecule has 1 aliphatic carbocycles. The summed E-state index contributed by atoms with van der Waals surface area (Å²) in [6, 6.07) is 7.19. The third kappa shape index (κ3) is 5.45. The Kier molecular flexibility index (Phi) is 7.13. The largest absolute Gasteiger partial charge is 0.352 e. The van der Waals surface area contributed by atoms with E-state index in [9.17, 15) is 9.59 Å².